The van der Waals surface area contributed by atoms with Crippen LogP contribution in [0.2, 0.25) is 5.02 Å². The Bertz CT molecular complexity index is 1070. The fraction of sp³-hybridized carbons (Fsp3) is 0.190. The van der Waals surface area contributed by atoms with Crippen molar-refractivity contribution in [2.45, 2.75) is 19.1 Å². The summed E-state index contributed by atoms with van der Waals surface area (Å²) in [6, 6.07) is 13.0. The number of carbonyl (C=O) groups excluding carboxylic acids is 1. The highest BCUT2D eigenvalue weighted by Gasteiger charge is 2.35. The first-order valence-electron chi connectivity index (χ1n) is 8.89. The molecule has 148 valence electrons. The molecule has 3 aromatic rings. The van der Waals surface area contributed by atoms with E-state index in [1.54, 1.807) is 0 Å². The fourth-order valence-corrected chi connectivity index (χ4v) is 3.77. The number of fused-ring (bicyclic) bond motifs is 1. The van der Waals surface area contributed by atoms with Crippen LogP contribution in [0.4, 0.5) is 13.2 Å². The third kappa shape index (κ3) is 3.70. The first-order valence-corrected chi connectivity index (χ1v) is 9.27. The second-order valence-corrected chi connectivity index (χ2v) is 7.03. The van der Waals surface area contributed by atoms with Gasteiger partial charge in [-0.1, -0.05) is 48.0 Å². The number of halogens is 4. The van der Waals surface area contributed by atoms with E-state index >= 15 is 0 Å². The van der Waals surface area contributed by atoms with Crippen molar-refractivity contribution < 1.29 is 18.0 Å². The van der Waals surface area contributed by atoms with Gasteiger partial charge in [-0.25, -0.2) is 9.97 Å². The van der Waals surface area contributed by atoms with E-state index in [4.69, 9.17) is 11.6 Å². The molecule has 1 aromatic heterocycles. The van der Waals surface area contributed by atoms with Gasteiger partial charge in [-0.05, 0) is 18.6 Å². The number of hydrogen-bond donors (Lipinski definition) is 0. The summed E-state index contributed by atoms with van der Waals surface area (Å²) in [4.78, 5) is 23.0. The summed E-state index contributed by atoms with van der Waals surface area (Å²) in [7, 11) is 0. The molecule has 1 aliphatic heterocycles. The maximum Gasteiger partial charge on any atom is 0.417 e. The average molecular weight is 418 g/mol. The van der Waals surface area contributed by atoms with Crippen LogP contribution in [0.5, 0.6) is 0 Å². The Labute approximate surface area is 170 Å². The van der Waals surface area contributed by atoms with Gasteiger partial charge in [-0.2, -0.15) is 13.2 Å². The quantitative estimate of drug-likeness (QED) is 0.588. The first kappa shape index (κ1) is 19.4. The van der Waals surface area contributed by atoms with E-state index in [0.717, 1.165) is 22.9 Å². The number of benzene rings is 2. The molecule has 1 aliphatic rings. The minimum Gasteiger partial charge on any atom is -0.332 e. The zero-order valence-corrected chi connectivity index (χ0v) is 15.8. The fourth-order valence-electron chi connectivity index (χ4n) is 3.46. The van der Waals surface area contributed by atoms with Crippen LogP contribution in [0.15, 0.2) is 54.9 Å². The average Bonchev–Trinajstić information content (AvgIpc) is 2.72. The van der Waals surface area contributed by atoms with Gasteiger partial charge < -0.3 is 4.90 Å². The number of nitrogens with zero attached hydrogens (tertiary/aromatic N) is 3. The highest BCUT2D eigenvalue weighted by molar-refractivity contribution is 6.34. The molecule has 4 nitrogen and oxygen atoms in total. The highest BCUT2D eigenvalue weighted by Crippen LogP contribution is 2.37. The molecular weight excluding hydrogens is 403 g/mol. The van der Waals surface area contributed by atoms with Crippen molar-refractivity contribution in [1.82, 2.24) is 14.9 Å². The molecule has 0 N–H and O–H groups in total. The number of carbonyl (C=O) groups is 1. The summed E-state index contributed by atoms with van der Waals surface area (Å²) < 4.78 is 39.3. The molecule has 1 amide bonds. The van der Waals surface area contributed by atoms with Gasteiger partial charge >= 0.3 is 6.18 Å². The second-order valence-electron chi connectivity index (χ2n) is 6.66. The number of aromatic nitrogens is 2. The molecule has 8 heteroatoms. The van der Waals surface area contributed by atoms with Gasteiger partial charge in [-0.15, -0.1) is 0 Å². The minimum absolute atomic E-state index is 0.165. The van der Waals surface area contributed by atoms with Gasteiger partial charge in [0, 0.05) is 17.7 Å². The van der Waals surface area contributed by atoms with E-state index in [9.17, 15) is 18.0 Å². The van der Waals surface area contributed by atoms with E-state index in [1.807, 2.05) is 30.3 Å². The van der Waals surface area contributed by atoms with Crippen LogP contribution in [0.1, 0.15) is 27.2 Å². The molecule has 0 saturated carbocycles. The summed E-state index contributed by atoms with van der Waals surface area (Å²) in [5.41, 5.74) is 2.20. The van der Waals surface area contributed by atoms with Crippen LogP contribution >= 0.6 is 11.6 Å². The largest absolute Gasteiger partial charge is 0.417 e. The van der Waals surface area contributed by atoms with Crippen molar-refractivity contribution >= 4 is 17.5 Å². The Hall–Kier alpha value is -2.93. The molecule has 2 heterocycles. The van der Waals surface area contributed by atoms with Crippen LogP contribution in [0.3, 0.4) is 0 Å². The Morgan fingerprint density at radius 2 is 1.79 bits per heavy atom. The zero-order valence-electron chi connectivity index (χ0n) is 15.1. The third-order valence-electron chi connectivity index (χ3n) is 4.88. The molecule has 0 bridgehead atoms. The maximum atomic E-state index is 13.1. The standard InChI is InChI=1S/C21H15ClF3N3O/c22-18-15(7-4-8-16(18)21(23,24)25)20(29)28-10-9-14-17(11-28)26-12-27-19(14)13-5-2-1-3-6-13/h1-8,12H,9-11H2. The van der Waals surface area contributed by atoms with Gasteiger partial charge in [0.25, 0.3) is 5.91 Å². The lowest BCUT2D eigenvalue weighted by atomic mass is 9.98. The van der Waals surface area contributed by atoms with E-state index < -0.39 is 22.7 Å². The number of amides is 1. The molecular formula is C21H15ClF3N3O. The molecule has 0 fully saturated rings. The predicted molar refractivity (Wildman–Crippen MR) is 102 cm³/mol. The number of hydrogen-bond acceptors (Lipinski definition) is 3. The van der Waals surface area contributed by atoms with E-state index in [2.05, 4.69) is 9.97 Å². The predicted octanol–water partition coefficient (Wildman–Crippen LogP) is 5.01. The molecule has 0 radical (unpaired) electrons. The monoisotopic (exact) mass is 417 g/mol. The molecule has 0 aliphatic carbocycles. The lowest BCUT2D eigenvalue weighted by molar-refractivity contribution is -0.137. The van der Waals surface area contributed by atoms with Crippen LogP contribution in [-0.2, 0) is 19.1 Å². The van der Waals surface area contributed by atoms with Gasteiger partial charge in [0.15, 0.2) is 0 Å². The van der Waals surface area contributed by atoms with Gasteiger partial charge in [0.2, 0.25) is 0 Å². The Morgan fingerprint density at radius 3 is 2.52 bits per heavy atom. The Kier molecular flexibility index (Phi) is 5.00. The second kappa shape index (κ2) is 7.48. The smallest absolute Gasteiger partial charge is 0.332 e. The Morgan fingerprint density at radius 1 is 1.03 bits per heavy atom. The molecule has 29 heavy (non-hydrogen) atoms. The third-order valence-corrected chi connectivity index (χ3v) is 5.28. The van der Waals surface area contributed by atoms with Gasteiger partial charge in [0.1, 0.15) is 6.33 Å². The lowest BCUT2D eigenvalue weighted by Crippen LogP contribution is -2.37. The minimum atomic E-state index is -4.63. The van der Waals surface area contributed by atoms with Crippen LogP contribution in [0.25, 0.3) is 11.3 Å². The van der Waals surface area contributed by atoms with Gasteiger partial charge in [-0.3, -0.25) is 4.79 Å². The summed E-state index contributed by atoms with van der Waals surface area (Å²) >= 11 is 5.92. The van der Waals surface area contributed by atoms with Crippen molar-refractivity contribution in [2.75, 3.05) is 6.54 Å². The van der Waals surface area contributed by atoms with Crippen molar-refractivity contribution in [3.63, 3.8) is 0 Å². The van der Waals surface area contributed by atoms with Gasteiger partial charge in [0.05, 0.1) is 34.1 Å². The van der Waals surface area contributed by atoms with Crippen molar-refractivity contribution in [3.8, 4) is 11.3 Å². The van der Waals surface area contributed by atoms with Crippen LogP contribution in [0, 0.1) is 0 Å². The summed E-state index contributed by atoms with van der Waals surface area (Å²) in [6.07, 6.45) is -2.69. The zero-order chi connectivity index (χ0) is 20.6. The molecule has 0 atom stereocenters. The SMILES string of the molecule is O=C(c1cccc(C(F)(F)F)c1Cl)N1CCc2c(ncnc2-c2ccccc2)C1. The molecule has 0 unspecified atom stereocenters. The van der Waals surface area contributed by atoms with E-state index in [0.29, 0.717) is 18.7 Å². The van der Waals surface area contributed by atoms with E-state index in [-0.39, 0.29) is 12.1 Å². The first-order chi connectivity index (χ1) is 13.9. The van der Waals surface area contributed by atoms with Crippen molar-refractivity contribution in [1.29, 1.82) is 0 Å². The van der Waals surface area contributed by atoms with Crippen LogP contribution in [-0.4, -0.2) is 27.3 Å². The lowest BCUT2D eigenvalue weighted by Gasteiger charge is -2.29. The highest BCUT2D eigenvalue weighted by atomic mass is 35.5. The molecule has 2 aromatic carbocycles. The summed E-state index contributed by atoms with van der Waals surface area (Å²) in [6.45, 7) is 0.523. The molecule has 0 spiro atoms. The molecule has 4 rings (SSSR count). The Balaban J connectivity index is 1.64. The normalized spacial score (nSPS) is 13.9. The molecule has 0 saturated heterocycles. The van der Waals surface area contributed by atoms with E-state index in [1.165, 1.54) is 23.4 Å². The van der Waals surface area contributed by atoms with Crippen LogP contribution < -0.4 is 0 Å². The topological polar surface area (TPSA) is 46.1 Å². The summed E-state index contributed by atoms with van der Waals surface area (Å²) in [5, 5.41) is -0.580. The van der Waals surface area contributed by atoms with Crippen molar-refractivity contribution in [2.24, 2.45) is 0 Å². The number of rotatable bonds is 2. The van der Waals surface area contributed by atoms with Crippen molar-refractivity contribution in [3.05, 3.63) is 82.3 Å². The summed E-state index contributed by atoms with van der Waals surface area (Å²) in [5.74, 6) is -0.549. The maximum absolute atomic E-state index is 13.1. The number of alkyl halides is 3.